The molecule has 2 nitrogen and oxygen atoms in total. The summed E-state index contributed by atoms with van der Waals surface area (Å²) in [6.07, 6.45) is 0. The molecule has 0 amide bonds. The lowest BCUT2D eigenvalue weighted by Crippen LogP contribution is -2.44. The number of hydrogen-bond donors (Lipinski definition) is 0. The third-order valence-corrected chi connectivity index (χ3v) is 7.11. The van der Waals surface area contributed by atoms with E-state index in [4.69, 9.17) is 8.54 Å². The smallest absolute Gasteiger partial charge is 0.322 e. The molecule has 0 saturated heterocycles. The van der Waals surface area contributed by atoms with Crippen LogP contribution in [0.2, 0.25) is 32.7 Å². The fourth-order valence-electron chi connectivity index (χ4n) is 0.898. The second-order valence-electron chi connectivity index (χ2n) is 3.87. The molecule has 0 aromatic carbocycles. The molecule has 0 aromatic rings. The quantitative estimate of drug-likeness (QED) is 0.452. The van der Waals surface area contributed by atoms with E-state index in [9.17, 15) is 0 Å². The predicted molar refractivity (Wildman–Crippen MR) is 61.9 cm³/mol. The zero-order chi connectivity index (χ0) is 9.12. The molecule has 0 unspecified atom stereocenters. The Hall–Kier alpha value is 1.08. The maximum atomic E-state index is 5.92. The maximum Gasteiger partial charge on any atom is 0.322 e. The summed E-state index contributed by atoms with van der Waals surface area (Å²) in [4.78, 5) is 0. The van der Waals surface area contributed by atoms with Crippen LogP contribution in [0.4, 0.5) is 0 Å². The first kappa shape index (κ1) is 12.1. The summed E-state index contributed by atoms with van der Waals surface area (Å²) in [7, 11) is -3.18. The molecular weight excluding hydrogens is 287 g/mol. The normalized spacial score (nSPS) is 13.6. The number of halogens is 1. The molecule has 0 heterocycles. The average Bonchev–Trinajstić information content (AvgIpc) is 1.55. The second kappa shape index (κ2) is 4.36. The summed E-state index contributed by atoms with van der Waals surface area (Å²) in [5.74, 6) is 0. The Morgan fingerprint density at radius 2 is 1.55 bits per heavy atom. The van der Waals surface area contributed by atoms with E-state index >= 15 is 0 Å². The lowest BCUT2D eigenvalue weighted by molar-refractivity contribution is 0.305. The van der Waals surface area contributed by atoms with E-state index < -0.39 is 16.9 Å². The van der Waals surface area contributed by atoms with E-state index in [-0.39, 0.29) is 0 Å². The van der Waals surface area contributed by atoms with Crippen LogP contribution in [0.15, 0.2) is 0 Å². The Morgan fingerprint density at radius 3 is 1.82 bits per heavy atom. The summed E-state index contributed by atoms with van der Waals surface area (Å²) < 4.78 is 12.2. The Labute approximate surface area is 85.2 Å². The van der Waals surface area contributed by atoms with Gasteiger partial charge in [-0.3, -0.25) is 0 Å². The highest BCUT2D eigenvalue weighted by Crippen LogP contribution is 2.15. The minimum atomic E-state index is -1.78. The van der Waals surface area contributed by atoms with Gasteiger partial charge in [0.15, 0.2) is 8.32 Å². The summed E-state index contributed by atoms with van der Waals surface area (Å²) in [6.45, 7) is 10.8. The molecule has 0 rings (SSSR count). The molecule has 0 saturated carbocycles. The van der Waals surface area contributed by atoms with Crippen molar-refractivity contribution in [3.05, 3.63) is 0 Å². The van der Waals surface area contributed by atoms with Crippen LogP contribution in [0.1, 0.15) is 0 Å². The highest BCUT2D eigenvalue weighted by molar-refractivity contribution is 14.1. The first-order valence-corrected chi connectivity index (χ1v) is 11.4. The number of rotatable bonds is 4. The Kier molecular flexibility index (Phi) is 4.79. The Morgan fingerprint density at radius 1 is 1.09 bits per heavy atom. The molecule has 0 spiro atoms. The van der Waals surface area contributed by atoms with Crippen LogP contribution < -0.4 is 0 Å². The van der Waals surface area contributed by atoms with Gasteiger partial charge in [-0.1, -0.05) is 22.6 Å². The van der Waals surface area contributed by atoms with Gasteiger partial charge in [0.05, 0.1) is 4.61 Å². The van der Waals surface area contributed by atoms with Gasteiger partial charge in [-0.05, 0) is 32.7 Å². The number of alkyl halides is 1. The van der Waals surface area contributed by atoms with Crippen LogP contribution in [-0.4, -0.2) is 21.5 Å². The van der Waals surface area contributed by atoms with Gasteiger partial charge in [0.2, 0.25) is 0 Å². The maximum absolute atomic E-state index is 5.92. The first-order chi connectivity index (χ1) is 4.77. The molecule has 0 radical (unpaired) electrons. The molecule has 11 heavy (non-hydrogen) atoms. The van der Waals surface area contributed by atoms with Crippen molar-refractivity contribution in [2.24, 2.45) is 0 Å². The van der Waals surface area contributed by atoms with Gasteiger partial charge in [0, 0.05) is 0 Å². The topological polar surface area (TPSA) is 18.5 Å². The molecule has 0 aromatic heterocycles. The van der Waals surface area contributed by atoms with Crippen LogP contribution in [0.5, 0.6) is 0 Å². The summed E-state index contributed by atoms with van der Waals surface area (Å²) in [5, 5.41) is 0. The molecule has 0 aliphatic rings. The van der Waals surface area contributed by atoms with Crippen molar-refractivity contribution < 1.29 is 8.54 Å². The van der Waals surface area contributed by atoms with Crippen molar-refractivity contribution in [3.8, 4) is 0 Å². The van der Waals surface area contributed by atoms with Gasteiger partial charge >= 0.3 is 8.56 Å². The molecule has 0 aliphatic heterocycles. The third-order valence-electron chi connectivity index (χ3n) is 0.954. The van der Waals surface area contributed by atoms with Crippen molar-refractivity contribution >= 4 is 39.5 Å². The van der Waals surface area contributed by atoms with Crippen LogP contribution in [0.3, 0.4) is 0 Å². The van der Waals surface area contributed by atoms with Crippen LogP contribution >= 0.6 is 22.6 Å². The molecule has 0 fully saturated rings. The summed E-state index contributed by atoms with van der Waals surface area (Å²) in [5.41, 5.74) is 0. The minimum Gasteiger partial charge on any atom is -0.436 e. The lowest BCUT2D eigenvalue weighted by atomic mass is 11.8. The second-order valence-corrected chi connectivity index (χ2v) is 12.6. The SMILES string of the molecule is C[Si](C)(C)O[Si](C)(C)OCI. The minimum absolute atomic E-state index is 0.738. The van der Waals surface area contributed by atoms with Gasteiger partial charge in [0.1, 0.15) is 0 Å². The van der Waals surface area contributed by atoms with Crippen LogP contribution in [0, 0.1) is 0 Å². The molecule has 5 heteroatoms. The van der Waals surface area contributed by atoms with E-state index in [1.54, 1.807) is 0 Å². The van der Waals surface area contributed by atoms with E-state index in [2.05, 4.69) is 55.3 Å². The highest BCUT2D eigenvalue weighted by Gasteiger charge is 2.30. The van der Waals surface area contributed by atoms with Gasteiger partial charge in [-0.25, -0.2) is 0 Å². The fourth-order valence-corrected chi connectivity index (χ4v) is 9.55. The van der Waals surface area contributed by atoms with E-state index in [0.29, 0.717) is 0 Å². The van der Waals surface area contributed by atoms with E-state index in [0.717, 1.165) is 4.61 Å². The zero-order valence-electron chi connectivity index (χ0n) is 7.90. The Bertz CT molecular complexity index is 122. The van der Waals surface area contributed by atoms with E-state index in [1.807, 2.05) is 0 Å². The highest BCUT2D eigenvalue weighted by atomic mass is 127. The van der Waals surface area contributed by atoms with Gasteiger partial charge in [-0.15, -0.1) is 0 Å². The van der Waals surface area contributed by atoms with Crippen molar-refractivity contribution in [1.82, 2.24) is 0 Å². The van der Waals surface area contributed by atoms with Gasteiger partial charge < -0.3 is 8.54 Å². The summed E-state index contributed by atoms with van der Waals surface area (Å²) in [6, 6.07) is 0. The predicted octanol–water partition coefficient (Wildman–Crippen LogP) is 2.95. The standard InChI is InChI=1S/C6H17IO2Si2/c1-10(2,3)9-11(4,5)8-6-7/h6H2,1-5H3. The lowest BCUT2D eigenvalue weighted by Gasteiger charge is -2.29. The monoisotopic (exact) mass is 304 g/mol. The van der Waals surface area contributed by atoms with Crippen molar-refractivity contribution in [2.45, 2.75) is 32.7 Å². The fraction of sp³-hybridized carbons (Fsp3) is 1.00. The summed E-state index contributed by atoms with van der Waals surface area (Å²) >= 11 is 2.21. The van der Waals surface area contributed by atoms with E-state index in [1.165, 1.54) is 0 Å². The van der Waals surface area contributed by atoms with Crippen LogP contribution in [-0.2, 0) is 8.54 Å². The Balaban J connectivity index is 3.91. The molecule has 68 valence electrons. The van der Waals surface area contributed by atoms with Gasteiger partial charge in [0.25, 0.3) is 0 Å². The molecule has 0 bridgehead atoms. The van der Waals surface area contributed by atoms with Crippen molar-refractivity contribution in [2.75, 3.05) is 4.61 Å². The number of hydrogen-bond acceptors (Lipinski definition) is 2. The van der Waals surface area contributed by atoms with Crippen molar-refractivity contribution in [1.29, 1.82) is 0 Å². The molecule has 0 atom stereocenters. The third kappa shape index (κ3) is 7.44. The van der Waals surface area contributed by atoms with Crippen molar-refractivity contribution in [3.63, 3.8) is 0 Å². The molecular formula is C6H17IO2Si2. The van der Waals surface area contributed by atoms with Crippen LogP contribution in [0.25, 0.3) is 0 Å². The average molecular weight is 304 g/mol. The first-order valence-electron chi connectivity index (χ1n) is 3.67. The largest absolute Gasteiger partial charge is 0.436 e. The zero-order valence-corrected chi connectivity index (χ0v) is 12.1. The van der Waals surface area contributed by atoms with Gasteiger partial charge in [-0.2, -0.15) is 0 Å². The molecule has 0 aliphatic carbocycles. The molecule has 0 N–H and O–H groups in total.